The molecule has 4 nitrogen and oxygen atoms in total. The van der Waals surface area contributed by atoms with E-state index < -0.39 is 0 Å². The highest BCUT2D eigenvalue weighted by Crippen LogP contribution is 2.15. The molecule has 0 unspecified atom stereocenters. The number of hydrogen-bond donors (Lipinski definition) is 0. The molecule has 0 saturated carbocycles. The summed E-state index contributed by atoms with van der Waals surface area (Å²) in [6.45, 7) is 1.97. The van der Waals surface area contributed by atoms with Crippen molar-refractivity contribution in [3.8, 4) is 11.1 Å². The van der Waals surface area contributed by atoms with E-state index in [9.17, 15) is 9.59 Å². The van der Waals surface area contributed by atoms with E-state index in [2.05, 4.69) is 0 Å². The largest absolute Gasteiger partial charge is 0.330 e. The first-order valence-corrected chi connectivity index (χ1v) is 5.34. The Morgan fingerprint density at radius 3 is 2.47 bits per heavy atom. The van der Waals surface area contributed by atoms with E-state index in [1.165, 1.54) is 11.6 Å². The molecule has 0 atom stereocenters. The van der Waals surface area contributed by atoms with Crippen LogP contribution in [0.4, 0.5) is 0 Å². The molecule has 0 aliphatic rings. The number of nitrogens with zero attached hydrogens (tertiary/aromatic N) is 2. The van der Waals surface area contributed by atoms with Gasteiger partial charge in [0, 0.05) is 20.3 Å². The van der Waals surface area contributed by atoms with Gasteiger partial charge in [0.25, 0.3) is 5.56 Å². The van der Waals surface area contributed by atoms with Crippen LogP contribution in [0.3, 0.4) is 0 Å². The second-order valence-corrected chi connectivity index (χ2v) is 4.17. The van der Waals surface area contributed by atoms with Gasteiger partial charge in [-0.05, 0) is 12.5 Å². The van der Waals surface area contributed by atoms with E-state index in [4.69, 9.17) is 0 Å². The van der Waals surface area contributed by atoms with E-state index in [1.54, 1.807) is 13.2 Å². The second-order valence-electron chi connectivity index (χ2n) is 4.17. The van der Waals surface area contributed by atoms with Crippen molar-refractivity contribution in [3.05, 3.63) is 56.9 Å². The maximum atomic E-state index is 12.0. The number of aryl methyl sites for hydroxylation is 2. The third kappa shape index (κ3) is 1.93. The van der Waals surface area contributed by atoms with Crippen LogP contribution < -0.4 is 11.2 Å². The van der Waals surface area contributed by atoms with Gasteiger partial charge < -0.3 is 4.57 Å². The van der Waals surface area contributed by atoms with Crippen LogP contribution in [-0.2, 0) is 14.1 Å². The zero-order chi connectivity index (χ0) is 12.6. The fourth-order valence-electron chi connectivity index (χ4n) is 1.82. The summed E-state index contributed by atoms with van der Waals surface area (Å²) in [6.07, 6.45) is 1.58. The standard InChI is InChI=1S/C13H14N2O2/c1-9-5-4-6-10(7-9)11-8-14(2)13(17)15(3)12(11)16/h4-8H,1-3H3. The van der Waals surface area contributed by atoms with Gasteiger partial charge in [-0.1, -0.05) is 29.8 Å². The zero-order valence-corrected chi connectivity index (χ0v) is 10.1. The number of rotatable bonds is 1. The van der Waals surface area contributed by atoms with Crippen LogP contribution >= 0.6 is 0 Å². The summed E-state index contributed by atoms with van der Waals surface area (Å²) in [7, 11) is 3.13. The van der Waals surface area contributed by atoms with Crippen molar-refractivity contribution < 1.29 is 0 Å². The lowest BCUT2D eigenvalue weighted by Gasteiger charge is -2.07. The maximum Gasteiger partial charge on any atom is 0.330 e. The lowest BCUT2D eigenvalue weighted by Crippen LogP contribution is -2.37. The van der Waals surface area contributed by atoms with Crippen molar-refractivity contribution in [1.29, 1.82) is 0 Å². The lowest BCUT2D eigenvalue weighted by atomic mass is 10.1. The topological polar surface area (TPSA) is 44.0 Å². The van der Waals surface area contributed by atoms with Crippen LogP contribution in [0.2, 0.25) is 0 Å². The molecule has 0 amide bonds. The third-order valence-corrected chi connectivity index (χ3v) is 2.78. The summed E-state index contributed by atoms with van der Waals surface area (Å²) < 4.78 is 2.54. The van der Waals surface area contributed by atoms with Gasteiger partial charge in [-0.2, -0.15) is 0 Å². The highest BCUT2D eigenvalue weighted by Gasteiger charge is 2.08. The van der Waals surface area contributed by atoms with E-state index in [0.29, 0.717) is 5.56 Å². The van der Waals surface area contributed by atoms with E-state index in [0.717, 1.165) is 15.7 Å². The Hall–Kier alpha value is -2.10. The monoisotopic (exact) mass is 230 g/mol. The van der Waals surface area contributed by atoms with Crippen LogP contribution in [0.1, 0.15) is 5.56 Å². The molecule has 0 radical (unpaired) electrons. The normalized spacial score (nSPS) is 10.5. The molecule has 1 aromatic carbocycles. The molecule has 88 valence electrons. The molecule has 0 aliphatic heterocycles. The SMILES string of the molecule is Cc1cccc(-c2cn(C)c(=O)n(C)c2=O)c1. The van der Waals surface area contributed by atoms with Gasteiger partial charge >= 0.3 is 5.69 Å². The lowest BCUT2D eigenvalue weighted by molar-refractivity contribution is 0.688. The minimum absolute atomic E-state index is 0.265. The fraction of sp³-hybridized carbons (Fsp3) is 0.231. The predicted molar refractivity (Wildman–Crippen MR) is 67.1 cm³/mol. The average molecular weight is 230 g/mol. The Balaban J connectivity index is 2.78. The van der Waals surface area contributed by atoms with E-state index in [1.807, 2.05) is 31.2 Å². The molecule has 0 N–H and O–H groups in total. The molecule has 0 fully saturated rings. The van der Waals surface area contributed by atoms with Crippen molar-refractivity contribution in [3.63, 3.8) is 0 Å². The van der Waals surface area contributed by atoms with Crippen molar-refractivity contribution in [2.75, 3.05) is 0 Å². The Morgan fingerprint density at radius 1 is 1.12 bits per heavy atom. The van der Waals surface area contributed by atoms with Gasteiger partial charge in [0.1, 0.15) is 0 Å². The summed E-state index contributed by atoms with van der Waals surface area (Å²) in [6, 6.07) is 7.67. The van der Waals surface area contributed by atoms with Crippen LogP contribution in [0.15, 0.2) is 40.1 Å². The van der Waals surface area contributed by atoms with Crippen molar-refractivity contribution in [1.82, 2.24) is 9.13 Å². The van der Waals surface area contributed by atoms with Crippen LogP contribution in [0.25, 0.3) is 11.1 Å². The highest BCUT2D eigenvalue weighted by atomic mass is 16.2. The predicted octanol–water partition coefficient (Wildman–Crippen LogP) is 1.06. The first kappa shape index (κ1) is 11.4. The van der Waals surface area contributed by atoms with Crippen molar-refractivity contribution >= 4 is 0 Å². The molecule has 0 aliphatic carbocycles. The van der Waals surface area contributed by atoms with Gasteiger partial charge in [-0.25, -0.2) is 4.79 Å². The highest BCUT2D eigenvalue weighted by molar-refractivity contribution is 5.62. The molecule has 0 saturated heterocycles. The molecule has 0 spiro atoms. The summed E-state index contributed by atoms with van der Waals surface area (Å²) in [5.74, 6) is 0. The Labute approximate surface area is 98.8 Å². The van der Waals surface area contributed by atoms with Gasteiger partial charge in [0.2, 0.25) is 0 Å². The molecule has 17 heavy (non-hydrogen) atoms. The molecular formula is C13H14N2O2. The third-order valence-electron chi connectivity index (χ3n) is 2.78. The van der Waals surface area contributed by atoms with Gasteiger partial charge in [-0.3, -0.25) is 9.36 Å². The molecule has 2 rings (SSSR count). The summed E-state index contributed by atoms with van der Waals surface area (Å²) in [5, 5.41) is 0. The number of hydrogen-bond acceptors (Lipinski definition) is 2. The number of benzene rings is 1. The molecule has 4 heteroatoms. The fourth-order valence-corrected chi connectivity index (χ4v) is 1.82. The Bertz CT molecular complexity index is 681. The number of aromatic nitrogens is 2. The molecule has 2 aromatic rings. The summed E-state index contributed by atoms with van der Waals surface area (Å²) in [4.78, 5) is 23.6. The van der Waals surface area contributed by atoms with Gasteiger partial charge in [0.05, 0.1) is 5.56 Å². The quantitative estimate of drug-likeness (QED) is 0.735. The first-order valence-electron chi connectivity index (χ1n) is 5.34. The average Bonchev–Trinajstić information content (AvgIpc) is 2.31. The molecule has 1 heterocycles. The minimum atomic E-state index is -0.314. The van der Waals surface area contributed by atoms with Crippen molar-refractivity contribution in [2.24, 2.45) is 14.1 Å². The smallest absolute Gasteiger partial charge is 0.303 e. The molecule has 0 bridgehead atoms. The van der Waals surface area contributed by atoms with Crippen LogP contribution in [0.5, 0.6) is 0 Å². The molecular weight excluding hydrogens is 216 g/mol. The van der Waals surface area contributed by atoms with Gasteiger partial charge in [-0.15, -0.1) is 0 Å². The van der Waals surface area contributed by atoms with Gasteiger partial charge in [0.15, 0.2) is 0 Å². The molecule has 1 aromatic heterocycles. The summed E-state index contributed by atoms with van der Waals surface area (Å²) >= 11 is 0. The first-order chi connectivity index (χ1) is 8.00. The Morgan fingerprint density at radius 2 is 1.82 bits per heavy atom. The zero-order valence-electron chi connectivity index (χ0n) is 10.1. The van der Waals surface area contributed by atoms with Crippen LogP contribution in [-0.4, -0.2) is 9.13 Å². The summed E-state index contributed by atoms with van der Waals surface area (Å²) in [5.41, 5.74) is 1.88. The van der Waals surface area contributed by atoms with E-state index >= 15 is 0 Å². The van der Waals surface area contributed by atoms with E-state index in [-0.39, 0.29) is 11.2 Å². The second kappa shape index (κ2) is 4.05. The van der Waals surface area contributed by atoms with Crippen molar-refractivity contribution in [2.45, 2.75) is 6.92 Å². The maximum absolute atomic E-state index is 12.0. The Kier molecular flexibility index (Phi) is 2.71. The van der Waals surface area contributed by atoms with Crippen LogP contribution in [0, 0.1) is 6.92 Å². The minimum Gasteiger partial charge on any atom is -0.303 e.